The van der Waals surface area contributed by atoms with Gasteiger partial charge in [0.15, 0.2) is 0 Å². The lowest BCUT2D eigenvalue weighted by molar-refractivity contribution is 0.0663. The highest BCUT2D eigenvalue weighted by atomic mass is 32.1. The second kappa shape index (κ2) is 8.20. The first kappa shape index (κ1) is 20.9. The number of ether oxygens (including phenoxy) is 1. The van der Waals surface area contributed by atoms with Crippen molar-refractivity contribution in [3.63, 3.8) is 0 Å². The van der Waals surface area contributed by atoms with E-state index in [1.54, 1.807) is 16.8 Å². The summed E-state index contributed by atoms with van der Waals surface area (Å²) in [6.45, 7) is 3.96. The molecule has 1 aliphatic carbocycles. The molecule has 7 heteroatoms. The molecule has 1 saturated heterocycles. The van der Waals surface area contributed by atoms with Crippen molar-refractivity contribution >= 4 is 33.6 Å². The fourth-order valence-corrected chi connectivity index (χ4v) is 5.76. The maximum atomic E-state index is 12.8. The first-order valence-corrected chi connectivity index (χ1v) is 12.0. The van der Waals surface area contributed by atoms with Gasteiger partial charge in [0, 0.05) is 17.6 Å². The number of nitrogens with one attached hydrogen (secondary N) is 1. The zero-order valence-corrected chi connectivity index (χ0v) is 19.1. The predicted octanol–water partition coefficient (Wildman–Crippen LogP) is 5.31. The van der Waals surface area contributed by atoms with E-state index in [0.717, 1.165) is 41.5 Å². The summed E-state index contributed by atoms with van der Waals surface area (Å²) < 4.78 is 6.85. The van der Waals surface area contributed by atoms with Crippen LogP contribution >= 0.6 is 11.3 Å². The van der Waals surface area contributed by atoms with Gasteiger partial charge in [-0.05, 0) is 63.3 Å². The number of thiazole rings is 1. The Morgan fingerprint density at radius 1 is 1.12 bits per heavy atom. The van der Waals surface area contributed by atoms with Crippen LogP contribution in [0, 0.1) is 0 Å². The van der Waals surface area contributed by atoms with Crippen molar-refractivity contribution in [1.29, 1.82) is 0 Å². The molecule has 2 aromatic carbocycles. The average molecular weight is 450 g/mol. The second-order valence-electron chi connectivity index (χ2n) is 9.21. The van der Waals surface area contributed by atoms with Crippen molar-refractivity contribution in [3.8, 4) is 0 Å². The third-order valence-electron chi connectivity index (χ3n) is 6.63. The third-order valence-corrected chi connectivity index (χ3v) is 7.44. The van der Waals surface area contributed by atoms with Crippen LogP contribution in [-0.4, -0.2) is 39.6 Å². The fraction of sp³-hybridized carbons (Fsp3) is 0.400. The van der Waals surface area contributed by atoms with E-state index in [1.807, 2.05) is 55.1 Å². The molecular formula is C25H27N3O3S. The van der Waals surface area contributed by atoms with Gasteiger partial charge in [-0.3, -0.25) is 9.69 Å². The van der Waals surface area contributed by atoms with Crippen molar-refractivity contribution in [3.05, 3.63) is 65.2 Å². The lowest BCUT2D eigenvalue weighted by Crippen LogP contribution is -2.46. The Balaban J connectivity index is 1.25. The van der Waals surface area contributed by atoms with Crippen LogP contribution in [0.2, 0.25) is 0 Å². The van der Waals surface area contributed by atoms with E-state index in [2.05, 4.69) is 22.4 Å². The molecule has 0 unspecified atom stereocenters. The lowest BCUT2D eigenvalue weighted by atomic mass is 9.86. The summed E-state index contributed by atoms with van der Waals surface area (Å²) in [6, 6.07) is 15.9. The molecule has 6 nitrogen and oxygen atoms in total. The maximum Gasteiger partial charge on any atom is 0.411 e. The summed E-state index contributed by atoms with van der Waals surface area (Å²) in [6.07, 6.45) is 3.10. The number of aromatic nitrogens is 1. The highest BCUT2D eigenvalue weighted by molar-refractivity contribution is 7.16. The largest absolute Gasteiger partial charge is 0.441 e. The minimum atomic E-state index is -0.585. The Morgan fingerprint density at radius 3 is 2.62 bits per heavy atom. The lowest BCUT2D eigenvalue weighted by Gasteiger charge is -2.38. The van der Waals surface area contributed by atoms with E-state index in [-0.39, 0.29) is 30.1 Å². The van der Waals surface area contributed by atoms with Crippen molar-refractivity contribution < 1.29 is 14.3 Å². The standard InChI is InChI=1S/C25H27N3O3S/c1-25(2)22(16-6-4-3-5-7-16)28(24(30)31-25)19-11-9-18(10-12-19)27-23(29)17-8-13-21-20(14-17)26-15-32-21/h3-8,13-15,18-19,22H,9-12H2,1-2H3,(H,27,29)/t18?,19?,22-/m0/s1. The number of carbonyl (C=O) groups is 2. The summed E-state index contributed by atoms with van der Waals surface area (Å²) in [5, 5.41) is 3.18. The Bertz CT molecular complexity index is 1140. The van der Waals surface area contributed by atoms with Crippen molar-refractivity contribution in [1.82, 2.24) is 15.2 Å². The Morgan fingerprint density at radius 2 is 1.88 bits per heavy atom. The smallest absolute Gasteiger partial charge is 0.411 e. The minimum Gasteiger partial charge on any atom is -0.441 e. The van der Waals surface area contributed by atoms with Gasteiger partial charge in [0.1, 0.15) is 5.60 Å². The molecule has 1 aliphatic heterocycles. The van der Waals surface area contributed by atoms with Gasteiger partial charge in [-0.1, -0.05) is 30.3 Å². The molecule has 0 spiro atoms. The van der Waals surface area contributed by atoms with E-state index in [9.17, 15) is 9.59 Å². The number of fused-ring (bicyclic) bond motifs is 1. The number of nitrogens with zero attached hydrogens (tertiary/aromatic N) is 2. The fourth-order valence-electron chi connectivity index (χ4n) is 5.10. The molecule has 2 aliphatic rings. The second-order valence-corrected chi connectivity index (χ2v) is 10.1. The number of carbonyl (C=O) groups excluding carboxylic acids is 2. The molecule has 166 valence electrons. The summed E-state index contributed by atoms with van der Waals surface area (Å²) in [7, 11) is 0. The van der Waals surface area contributed by atoms with Crippen molar-refractivity contribution in [2.45, 2.75) is 63.3 Å². The molecule has 0 bridgehead atoms. The number of benzene rings is 2. The van der Waals surface area contributed by atoms with Gasteiger partial charge in [0.05, 0.1) is 21.8 Å². The van der Waals surface area contributed by atoms with Crippen LogP contribution in [0.3, 0.4) is 0 Å². The Labute approximate surface area is 191 Å². The first-order chi connectivity index (χ1) is 15.4. The Hall–Kier alpha value is -2.93. The first-order valence-electron chi connectivity index (χ1n) is 11.1. The molecule has 2 heterocycles. The molecule has 0 radical (unpaired) electrons. The van der Waals surface area contributed by atoms with E-state index >= 15 is 0 Å². The average Bonchev–Trinajstić information content (AvgIpc) is 3.35. The molecule has 1 atom stereocenters. The van der Waals surface area contributed by atoms with Crippen LogP contribution in [0.5, 0.6) is 0 Å². The highest BCUT2D eigenvalue weighted by Crippen LogP contribution is 2.44. The third kappa shape index (κ3) is 3.86. The van der Waals surface area contributed by atoms with Gasteiger partial charge >= 0.3 is 6.09 Å². The van der Waals surface area contributed by atoms with Crippen LogP contribution < -0.4 is 5.32 Å². The van der Waals surface area contributed by atoms with Gasteiger partial charge in [0.25, 0.3) is 5.91 Å². The maximum absolute atomic E-state index is 12.8. The van der Waals surface area contributed by atoms with Crippen LogP contribution in [0.1, 0.15) is 61.5 Å². The number of hydrogen-bond donors (Lipinski definition) is 1. The zero-order valence-electron chi connectivity index (χ0n) is 18.3. The molecule has 1 aromatic heterocycles. The van der Waals surface area contributed by atoms with E-state index < -0.39 is 5.60 Å². The minimum absolute atomic E-state index is 0.0628. The molecule has 3 aromatic rings. The quantitative estimate of drug-likeness (QED) is 0.586. The van der Waals surface area contributed by atoms with Gasteiger partial charge in [-0.15, -0.1) is 11.3 Å². The van der Waals surface area contributed by atoms with Crippen LogP contribution in [-0.2, 0) is 4.74 Å². The number of rotatable bonds is 4. The molecule has 1 saturated carbocycles. The normalized spacial score (nSPS) is 25.0. The van der Waals surface area contributed by atoms with E-state index in [0.29, 0.717) is 5.56 Å². The van der Waals surface area contributed by atoms with Gasteiger partial charge in [0.2, 0.25) is 0 Å². The zero-order chi connectivity index (χ0) is 22.3. The predicted molar refractivity (Wildman–Crippen MR) is 125 cm³/mol. The summed E-state index contributed by atoms with van der Waals surface area (Å²) in [5.74, 6) is -0.0628. The number of amides is 2. The van der Waals surface area contributed by atoms with Crippen LogP contribution in [0.25, 0.3) is 10.2 Å². The van der Waals surface area contributed by atoms with E-state index in [1.165, 1.54) is 0 Å². The monoisotopic (exact) mass is 449 g/mol. The summed E-state index contributed by atoms with van der Waals surface area (Å²) in [5.41, 5.74) is 3.79. The molecule has 32 heavy (non-hydrogen) atoms. The van der Waals surface area contributed by atoms with E-state index in [4.69, 9.17) is 4.74 Å². The molecule has 1 N–H and O–H groups in total. The highest BCUT2D eigenvalue weighted by Gasteiger charge is 2.51. The topological polar surface area (TPSA) is 71.5 Å². The van der Waals surface area contributed by atoms with Gasteiger partial charge in [-0.25, -0.2) is 9.78 Å². The number of hydrogen-bond acceptors (Lipinski definition) is 5. The van der Waals surface area contributed by atoms with Crippen LogP contribution in [0.15, 0.2) is 54.0 Å². The summed E-state index contributed by atoms with van der Waals surface area (Å²) >= 11 is 1.57. The molecule has 5 rings (SSSR count). The van der Waals surface area contributed by atoms with Crippen molar-refractivity contribution in [2.75, 3.05) is 0 Å². The van der Waals surface area contributed by atoms with Gasteiger partial charge in [-0.2, -0.15) is 0 Å². The molecule has 2 amide bonds. The molecular weight excluding hydrogens is 422 g/mol. The SMILES string of the molecule is CC1(C)OC(=O)N(C2CCC(NC(=O)c3ccc4scnc4c3)CC2)[C@H]1c1ccccc1. The number of cyclic esters (lactones) is 1. The summed E-state index contributed by atoms with van der Waals surface area (Å²) in [4.78, 5) is 31.8. The van der Waals surface area contributed by atoms with Gasteiger partial charge < -0.3 is 10.1 Å². The van der Waals surface area contributed by atoms with Crippen molar-refractivity contribution in [2.24, 2.45) is 0 Å². The Kier molecular flexibility index (Phi) is 5.37. The van der Waals surface area contributed by atoms with Crippen LogP contribution in [0.4, 0.5) is 4.79 Å². The molecule has 2 fully saturated rings.